The number of thioether (sulfide) groups is 1. The van der Waals surface area contributed by atoms with Crippen LogP contribution in [0.5, 0.6) is 5.75 Å². The average molecular weight is 361 g/mol. The van der Waals surface area contributed by atoms with Crippen LogP contribution in [0.4, 0.5) is 5.69 Å². The third-order valence-corrected chi connectivity index (χ3v) is 4.51. The zero-order valence-electron chi connectivity index (χ0n) is 14.4. The Morgan fingerprint density at radius 2 is 1.84 bits per heavy atom. The van der Waals surface area contributed by atoms with Crippen LogP contribution in [0.2, 0.25) is 0 Å². The largest absolute Gasteiger partial charge is 0.497 e. The Balaban J connectivity index is 1.67. The lowest BCUT2D eigenvalue weighted by Crippen LogP contribution is -2.17. The molecule has 0 aliphatic heterocycles. The summed E-state index contributed by atoms with van der Waals surface area (Å²) in [5.74, 6) is 1.26. The number of hydrogen-bond acceptors (Lipinski definition) is 5. The summed E-state index contributed by atoms with van der Waals surface area (Å²) >= 11 is 1.55. The fourth-order valence-electron chi connectivity index (χ4n) is 2.11. The Hall–Kier alpha value is -2.02. The van der Waals surface area contributed by atoms with E-state index in [2.05, 4.69) is 5.32 Å². The molecular formula is C19H23NO4S. The second-order valence-corrected chi connectivity index (χ2v) is 6.63. The SMILES string of the molecule is COc1ccc(COC[C@H](O)CSc2ccc(NC(C)=O)cc2)cc1. The van der Waals surface area contributed by atoms with Crippen LogP contribution in [0.1, 0.15) is 12.5 Å². The summed E-state index contributed by atoms with van der Waals surface area (Å²) in [7, 11) is 1.63. The quantitative estimate of drug-likeness (QED) is 0.671. The van der Waals surface area contributed by atoms with Crippen LogP contribution >= 0.6 is 11.8 Å². The molecule has 0 aromatic heterocycles. The van der Waals surface area contributed by atoms with Crippen LogP contribution in [0, 0.1) is 0 Å². The Morgan fingerprint density at radius 1 is 1.16 bits per heavy atom. The molecule has 0 unspecified atom stereocenters. The van der Waals surface area contributed by atoms with Gasteiger partial charge in [0.2, 0.25) is 5.91 Å². The number of methoxy groups -OCH3 is 1. The molecule has 134 valence electrons. The summed E-state index contributed by atoms with van der Waals surface area (Å²) in [4.78, 5) is 12.0. The number of ether oxygens (including phenoxy) is 2. The highest BCUT2D eigenvalue weighted by Crippen LogP contribution is 2.21. The number of amides is 1. The molecule has 1 atom stereocenters. The van der Waals surface area contributed by atoms with Crippen molar-refractivity contribution < 1.29 is 19.4 Å². The van der Waals surface area contributed by atoms with Gasteiger partial charge in [0.1, 0.15) is 5.75 Å². The molecule has 0 saturated heterocycles. The number of rotatable bonds is 9. The van der Waals surface area contributed by atoms with Gasteiger partial charge in [-0.15, -0.1) is 11.8 Å². The number of aliphatic hydroxyl groups is 1. The molecule has 2 aromatic rings. The van der Waals surface area contributed by atoms with Gasteiger partial charge in [-0.2, -0.15) is 0 Å². The second-order valence-electron chi connectivity index (χ2n) is 5.53. The molecule has 6 heteroatoms. The van der Waals surface area contributed by atoms with Crippen LogP contribution in [-0.2, 0) is 16.1 Å². The van der Waals surface area contributed by atoms with E-state index in [0.717, 1.165) is 21.9 Å². The van der Waals surface area contributed by atoms with E-state index in [-0.39, 0.29) is 12.5 Å². The van der Waals surface area contributed by atoms with Crippen molar-refractivity contribution in [3.63, 3.8) is 0 Å². The van der Waals surface area contributed by atoms with E-state index in [1.807, 2.05) is 48.5 Å². The number of benzene rings is 2. The van der Waals surface area contributed by atoms with Crippen molar-refractivity contribution in [3.05, 3.63) is 54.1 Å². The van der Waals surface area contributed by atoms with E-state index in [0.29, 0.717) is 12.4 Å². The van der Waals surface area contributed by atoms with Crippen molar-refractivity contribution in [1.29, 1.82) is 0 Å². The topological polar surface area (TPSA) is 67.8 Å². The lowest BCUT2D eigenvalue weighted by molar-refractivity contribution is -0.114. The van der Waals surface area contributed by atoms with Crippen molar-refractivity contribution in [2.24, 2.45) is 0 Å². The highest BCUT2D eigenvalue weighted by atomic mass is 32.2. The molecule has 0 saturated carbocycles. The summed E-state index contributed by atoms with van der Waals surface area (Å²) in [5, 5.41) is 12.7. The lowest BCUT2D eigenvalue weighted by Gasteiger charge is -2.12. The lowest BCUT2D eigenvalue weighted by atomic mass is 10.2. The number of hydrogen-bond donors (Lipinski definition) is 2. The van der Waals surface area contributed by atoms with Gasteiger partial charge >= 0.3 is 0 Å². The molecule has 5 nitrogen and oxygen atoms in total. The predicted molar refractivity (Wildman–Crippen MR) is 100 cm³/mol. The van der Waals surface area contributed by atoms with Crippen molar-refractivity contribution in [2.75, 3.05) is 24.8 Å². The van der Waals surface area contributed by atoms with Gasteiger partial charge in [-0.3, -0.25) is 4.79 Å². The smallest absolute Gasteiger partial charge is 0.221 e. The van der Waals surface area contributed by atoms with Gasteiger partial charge in [0.15, 0.2) is 0 Å². The normalized spacial score (nSPS) is 11.8. The Labute approximate surface area is 152 Å². The maximum atomic E-state index is 11.0. The van der Waals surface area contributed by atoms with E-state index < -0.39 is 6.10 Å². The summed E-state index contributed by atoms with van der Waals surface area (Å²) in [6.07, 6.45) is -0.543. The van der Waals surface area contributed by atoms with Gasteiger partial charge in [-0.25, -0.2) is 0 Å². The van der Waals surface area contributed by atoms with E-state index in [4.69, 9.17) is 9.47 Å². The third-order valence-electron chi connectivity index (χ3n) is 3.36. The third kappa shape index (κ3) is 7.17. The second kappa shape index (κ2) is 10.1. The number of carbonyl (C=O) groups is 1. The van der Waals surface area contributed by atoms with Gasteiger partial charge < -0.3 is 19.9 Å². The first-order valence-corrected chi connectivity index (χ1v) is 8.94. The van der Waals surface area contributed by atoms with Crippen molar-refractivity contribution >= 4 is 23.4 Å². The van der Waals surface area contributed by atoms with Gasteiger partial charge in [0.05, 0.1) is 26.4 Å². The Bertz CT molecular complexity index is 658. The average Bonchev–Trinajstić information content (AvgIpc) is 2.61. The molecule has 0 radical (unpaired) electrons. The molecule has 0 aliphatic carbocycles. The van der Waals surface area contributed by atoms with Crippen LogP contribution in [-0.4, -0.2) is 36.6 Å². The highest BCUT2D eigenvalue weighted by Gasteiger charge is 2.06. The Morgan fingerprint density at radius 3 is 2.44 bits per heavy atom. The van der Waals surface area contributed by atoms with E-state index >= 15 is 0 Å². The van der Waals surface area contributed by atoms with Crippen LogP contribution in [0.3, 0.4) is 0 Å². The molecule has 2 rings (SSSR count). The summed E-state index contributed by atoms with van der Waals surface area (Å²) in [6, 6.07) is 15.2. The molecule has 0 fully saturated rings. The fraction of sp³-hybridized carbons (Fsp3) is 0.316. The van der Waals surface area contributed by atoms with Crippen LogP contribution < -0.4 is 10.1 Å². The molecule has 0 aliphatic rings. The van der Waals surface area contributed by atoms with Gasteiger partial charge in [0, 0.05) is 23.3 Å². The van der Waals surface area contributed by atoms with Crippen molar-refractivity contribution in [3.8, 4) is 5.75 Å². The monoisotopic (exact) mass is 361 g/mol. The minimum atomic E-state index is -0.543. The van der Waals surface area contributed by atoms with Crippen molar-refractivity contribution in [2.45, 2.75) is 24.5 Å². The van der Waals surface area contributed by atoms with Crippen LogP contribution in [0.25, 0.3) is 0 Å². The standard InChI is InChI=1S/C19H23NO4S/c1-14(21)20-16-5-9-19(10-6-16)25-13-17(22)12-24-11-15-3-7-18(23-2)8-4-15/h3-10,17,22H,11-13H2,1-2H3,(H,20,21)/t17-/m0/s1. The molecule has 1 amide bonds. The molecule has 0 bridgehead atoms. The first kappa shape index (κ1) is 19.3. The molecule has 25 heavy (non-hydrogen) atoms. The van der Waals surface area contributed by atoms with Gasteiger partial charge in [-0.05, 0) is 42.0 Å². The molecule has 2 N–H and O–H groups in total. The highest BCUT2D eigenvalue weighted by molar-refractivity contribution is 7.99. The summed E-state index contributed by atoms with van der Waals surface area (Å²) < 4.78 is 10.7. The van der Waals surface area contributed by atoms with E-state index in [9.17, 15) is 9.90 Å². The number of anilines is 1. The molecule has 0 heterocycles. The maximum absolute atomic E-state index is 11.0. The number of aliphatic hydroxyl groups excluding tert-OH is 1. The van der Waals surface area contributed by atoms with E-state index in [1.165, 1.54) is 6.92 Å². The Kier molecular flexibility index (Phi) is 7.78. The van der Waals surface area contributed by atoms with Crippen LogP contribution in [0.15, 0.2) is 53.4 Å². The van der Waals surface area contributed by atoms with E-state index in [1.54, 1.807) is 18.9 Å². The summed E-state index contributed by atoms with van der Waals surface area (Å²) in [5.41, 5.74) is 1.80. The summed E-state index contributed by atoms with van der Waals surface area (Å²) in [6.45, 7) is 2.21. The zero-order chi connectivity index (χ0) is 18.1. The first-order valence-electron chi connectivity index (χ1n) is 7.96. The zero-order valence-corrected chi connectivity index (χ0v) is 15.2. The molecule has 0 spiro atoms. The molecular weight excluding hydrogens is 338 g/mol. The predicted octanol–water partition coefficient (Wildman–Crippen LogP) is 3.32. The maximum Gasteiger partial charge on any atom is 0.221 e. The number of carbonyl (C=O) groups excluding carboxylic acids is 1. The molecule has 2 aromatic carbocycles. The fourth-order valence-corrected chi connectivity index (χ4v) is 2.92. The van der Waals surface area contributed by atoms with Gasteiger partial charge in [-0.1, -0.05) is 12.1 Å². The van der Waals surface area contributed by atoms with Crippen molar-refractivity contribution in [1.82, 2.24) is 0 Å². The van der Waals surface area contributed by atoms with Gasteiger partial charge in [0.25, 0.3) is 0 Å². The first-order chi connectivity index (χ1) is 12.1. The minimum absolute atomic E-state index is 0.0927. The minimum Gasteiger partial charge on any atom is -0.497 e. The number of nitrogens with one attached hydrogen (secondary N) is 1.